The van der Waals surface area contributed by atoms with Gasteiger partial charge in [0.05, 0.1) is 42.6 Å². The number of carbonyl (C=O) groups is 4. The number of hydrogen-bond donors (Lipinski definition) is 5. The van der Waals surface area contributed by atoms with Gasteiger partial charge >= 0.3 is 0 Å². The average molecular weight is 587 g/mol. The van der Waals surface area contributed by atoms with Crippen LogP contribution in [0.2, 0.25) is 0 Å². The number of hydrogen-bond acceptors (Lipinski definition) is 11. The Morgan fingerprint density at radius 3 is 2.02 bits per heavy atom. The molecule has 0 aromatic heterocycles. The number of aliphatic hydroxyl groups excluding tert-OH is 1. The van der Waals surface area contributed by atoms with Gasteiger partial charge in [-0.15, -0.1) is 0 Å². The van der Waals surface area contributed by atoms with E-state index in [9.17, 15) is 44.7 Å². The summed E-state index contributed by atoms with van der Waals surface area (Å²) in [5, 5.41) is 54.7. The Labute approximate surface area is 244 Å². The third-order valence-corrected chi connectivity index (χ3v) is 8.53. The quantitative estimate of drug-likeness (QED) is 0.237. The summed E-state index contributed by atoms with van der Waals surface area (Å²) in [5.74, 6) is -4.86. The van der Waals surface area contributed by atoms with Gasteiger partial charge in [-0.25, -0.2) is 0 Å². The highest BCUT2D eigenvalue weighted by atomic mass is 16.5. The van der Waals surface area contributed by atoms with Gasteiger partial charge in [0.2, 0.25) is 0 Å². The number of methoxy groups -OCH3 is 2. The summed E-state index contributed by atoms with van der Waals surface area (Å²) >= 11 is 0. The molecule has 0 bridgehead atoms. The van der Waals surface area contributed by atoms with Crippen molar-refractivity contribution in [1.82, 2.24) is 0 Å². The molecule has 0 unspecified atom stereocenters. The minimum Gasteiger partial charge on any atom is -0.507 e. The first-order chi connectivity index (χ1) is 20.2. The smallest absolute Gasteiger partial charge is 0.199 e. The molecule has 0 saturated carbocycles. The Morgan fingerprint density at radius 2 is 1.37 bits per heavy atom. The van der Waals surface area contributed by atoms with E-state index < -0.39 is 57.6 Å². The van der Waals surface area contributed by atoms with Crippen molar-refractivity contribution in [3.8, 4) is 39.9 Å². The number of Topliss-reactive ketones (excluding diaryl/α,β-unsaturated/α-hetero) is 2. The summed E-state index contributed by atoms with van der Waals surface area (Å²) in [4.78, 5) is 55.0. The molecule has 220 valence electrons. The lowest BCUT2D eigenvalue weighted by atomic mass is 9.70. The van der Waals surface area contributed by atoms with Crippen LogP contribution in [-0.2, 0) is 0 Å². The van der Waals surface area contributed by atoms with E-state index in [4.69, 9.17) is 9.47 Å². The lowest BCUT2D eigenvalue weighted by Gasteiger charge is -2.37. The van der Waals surface area contributed by atoms with Crippen LogP contribution in [0, 0.1) is 6.92 Å². The fourth-order valence-corrected chi connectivity index (χ4v) is 6.21. The fraction of sp³-hybridized carbons (Fsp3) is 0.250. The van der Waals surface area contributed by atoms with E-state index in [1.165, 1.54) is 46.3 Å². The number of ether oxygens (including phenoxy) is 2. The number of aliphatic hydroxyl groups is 2. The molecule has 11 heteroatoms. The molecule has 6 rings (SSSR count). The second kappa shape index (κ2) is 9.25. The molecule has 3 aromatic carbocycles. The van der Waals surface area contributed by atoms with Crippen LogP contribution in [0.15, 0.2) is 35.4 Å². The molecule has 0 saturated heterocycles. The molecule has 0 aliphatic heterocycles. The number of rotatable bonds is 3. The normalized spacial score (nSPS) is 20.8. The van der Waals surface area contributed by atoms with Crippen LogP contribution in [0.3, 0.4) is 0 Å². The number of benzene rings is 3. The molecule has 0 fully saturated rings. The molecule has 11 nitrogen and oxygen atoms in total. The van der Waals surface area contributed by atoms with Crippen LogP contribution < -0.4 is 9.47 Å². The van der Waals surface area contributed by atoms with Crippen LogP contribution in [0.25, 0.3) is 11.1 Å². The molecule has 0 spiro atoms. The van der Waals surface area contributed by atoms with Crippen LogP contribution in [0.1, 0.15) is 77.9 Å². The van der Waals surface area contributed by atoms with Gasteiger partial charge < -0.3 is 35.0 Å². The third-order valence-electron chi connectivity index (χ3n) is 8.53. The van der Waals surface area contributed by atoms with Crippen LogP contribution in [0.5, 0.6) is 28.7 Å². The van der Waals surface area contributed by atoms with Gasteiger partial charge in [-0.1, -0.05) is 0 Å². The Morgan fingerprint density at radius 1 is 0.721 bits per heavy atom. The largest absolute Gasteiger partial charge is 0.507 e. The highest BCUT2D eigenvalue weighted by molar-refractivity contribution is 6.33. The molecule has 3 aromatic rings. The molecular formula is C32H26O11. The molecule has 0 radical (unpaired) electrons. The van der Waals surface area contributed by atoms with Crippen molar-refractivity contribution in [2.75, 3.05) is 14.2 Å². The van der Waals surface area contributed by atoms with Crippen molar-refractivity contribution in [2.45, 2.75) is 38.4 Å². The van der Waals surface area contributed by atoms with Crippen molar-refractivity contribution >= 4 is 23.1 Å². The number of aryl methyl sites for hydroxylation is 1. The van der Waals surface area contributed by atoms with Crippen molar-refractivity contribution < 1.29 is 54.2 Å². The summed E-state index contributed by atoms with van der Waals surface area (Å²) in [7, 11) is 2.54. The molecule has 0 heterocycles. The zero-order valence-corrected chi connectivity index (χ0v) is 23.5. The SMILES string of the molecule is COc1cc(O)c2c(c1)C(=O)c1cc(C)c(O)c(-c3c(OC)cc4c(c3O)C(=O)C3=C(C[C@](C)(O)[C@H](O)C3)C4=O)c1C2=O. The Balaban J connectivity index is 1.65. The van der Waals surface area contributed by atoms with Crippen LogP contribution >= 0.6 is 0 Å². The number of carbonyl (C=O) groups excluding carboxylic acids is 4. The maximum Gasteiger partial charge on any atom is 0.199 e. The van der Waals surface area contributed by atoms with Crippen LogP contribution in [0.4, 0.5) is 0 Å². The van der Waals surface area contributed by atoms with E-state index in [1.54, 1.807) is 0 Å². The van der Waals surface area contributed by atoms with Gasteiger partial charge in [0.25, 0.3) is 0 Å². The van der Waals surface area contributed by atoms with Gasteiger partial charge in [0.1, 0.15) is 28.7 Å². The number of fused-ring (bicyclic) bond motifs is 3. The molecule has 3 aliphatic rings. The minimum absolute atomic E-state index is 0.000991. The lowest BCUT2D eigenvalue weighted by molar-refractivity contribution is -0.0651. The number of phenolic OH excluding ortho intramolecular Hbond substituents is 3. The van der Waals surface area contributed by atoms with Crippen molar-refractivity contribution in [3.05, 3.63) is 74.4 Å². The van der Waals surface area contributed by atoms with E-state index >= 15 is 0 Å². The minimum atomic E-state index is -1.66. The van der Waals surface area contributed by atoms with Gasteiger partial charge in [-0.05, 0) is 37.6 Å². The van der Waals surface area contributed by atoms with E-state index in [1.807, 2.05) is 0 Å². The maximum absolute atomic E-state index is 14.0. The average Bonchev–Trinajstić information content (AvgIpc) is 2.96. The molecule has 0 amide bonds. The second-order valence-electron chi connectivity index (χ2n) is 11.2. The summed E-state index contributed by atoms with van der Waals surface area (Å²) in [5.41, 5.74) is -3.88. The standard InChI is InChI=1S/C32H26O11/c1-11-5-14-22(30(39)21-15(27(14)36)6-12(42-3)7-18(21)33)25(26(11)35)24-19(43-4)8-16-23(31(24)40)29(38)13-9-20(34)32(2,41)10-17(13)28(16)37/h5-8,20,33-35,40-41H,9-10H2,1-4H3/t20-,32+/m1/s1. The van der Waals surface area contributed by atoms with Crippen molar-refractivity contribution in [3.63, 3.8) is 0 Å². The summed E-state index contributed by atoms with van der Waals surface area (Å²) < 4.78 is 10.6. The van der Waals surface area contributed by atoms with Gasteiger partial charge in [-0.3, -0.25) is 19.2 Å². The van der Waals surface area contributed by atoms with E-state index in [0.717, 1.165) is 6.07 Å². The Bertz CT molecular complexity index is 1890. The number of ketones is 4. The van der Waals surface area contributed by atoms with Crippen LogP contribution in [-0.4, -0.2) is 74.6 Å². The summed E-state index contributed by atoms with van der Waals surface area (Å²) in [6, 6.07) is 4.96. The van der Waals surface area contributed by atoms with Gasteiger partial charge in [0, 0.05) is 57.9 Å². The predicted octanol–water partition coefficient (Wildman–Crippen LogP) is 3.15. The fourth-order valence-electron chi connectivity index (χ4n) is 6.21. The zero-order valence-electron chi connectivity index (χ0n) is 23.5. The molecular weight excluding hydrogens is 560 g/mol. The predicted molar refractivity (Wildman–Crippen MR) is 150 cm³/mol. The number of aromatic hydroxyl groups is 3. The highest BCUT2D eigenvalue weighted by Crippen LogP contribution is 2.53. The number of phenols is 3. The summed E-state index contributed by atoms with van der Waals surface area (Å²) in [6.45, 7) is 2.82. The lowest BCUT2D eigenvalue weighted by Crippen LogP contribution is -2.46. The monoisotopic (exact) mass is 586 g/mol. The first-order valence-electron chi connectivity index (χ1n) is 13.3. The van der Waals surface area contributed by atoms with E-state index in [2.05, 4.69) is 0 Å². The molecule has 43 heavy (non-hydrogen) atoms. The van der Waals surface area contributed by atoms with Crippen molar-refractivity contribution in [2.24, 2.45) is 0 Å². The van der Waals surface area contributed by atoms with Gasteiger partial charge in [0.15, 0.2) is 23.1 Å². The Kier molecular flexibility index (Phi) is 6.05. The topological polar surface area (TPSA) is 188 Å². The molecule has 2 atom stereocenters. The summed E-state index contributed by atoms with van der Waals surface area (Å²) in [6.07, 6.45) is -1.99. The molecule has 5 N–H and O–H groups in total. The zero-order chi connectivity index (χ0) is 31.3. The van der Waals surface area contributed by atoms with Crippen molar-refractivity contribution in [1.29, 1.82) is 0 Å². The Hall–Kier alpha value is -5.00. The first-order valence-corrected chi connectivity index (χ1v) is 13.3. The molecule has 3 aliphatic carbocycles. The van der Waals surface area contributed by atoms with E-state index in [0.29, 0.717) is 0 Å². The van der Waals surface area contributed by atoms with Gasteiger partial charge in [-0.2, -0.15) is 0 Å². The first kappa shape index (κ1) is 28.1. The second-order valence-corrected chi connectivity index (χ2v) is 11.2. The van der Waals surface area contributed by atoms with E-state index in [-0.39, 0.29) is 80.0 Å². The highest BCUT2D eigenvalue weighted by Gasteiger charge is 2.46. The third kappa shape index (κ3) is 3.75. The maximum atomic E-state index is 14.0.